The van der Waals surface area contributed by atoms with E-state index in [1.54, 1.807) is 0 Å². The van der Waals surface area contributed by atoms with E-state index >= 15 is 0 Å². The fourth-order valence-electron chi connectivity index (χ4n) is 4.05. The molecule has 5 N–H and O–H groups in total. The van der Waals surface area contributed by atoms with Crippen molar-refractivity contribution in [2.75, 3.05) is 19.8 Å². The van der Waals surface area contributed by atoms with Crippen LogP contribution in [-0.2, 0) is 23.9 Å². The van der Waals surface area contributed by atoms with Crippen molar-refractivity contribution in [3.05, 3.63) is 103 Å². The number of ether oxygens (including phenoxy) is 2. The number of para-hydroxylation sites is 1. The number of phenols is 1. The number of carbonyl (C=O) groups is 4. The first-order valence-electron chi connectivity index (χ1n) is 16.6. The van der Waals surface area contributed by atoms with Gasteiger partial charge in [0.25, 0.3) is 5.91 Å². The van der Waals surface area contributed by atoms with Gasteiger partial charge < -0.3 is 35.4 Å². The van der Waals surface area contributed by atoms with Crippen LogP contribution >= 0.6 is 0 Å². The van der Waals surface area contributed by atoms with Gasteiger partial charge in [-0.3, -0.25) is 14.4 Å². The lowest BCUT2D eigenvalue weighted by molar-refractivity contribution is -0.163. The lowest BCUT2D eigenvalue weighted by atomic mass is 10.1. The van der Waals surface area contributed by atoms with Crippen molar-refractivity contribution in [2.24, 2.45) is 0 Å². The lowest BCUT2D eigenvalue weighted by Crippen LogP contribution is -2.51. The minimum Gasteiger partial charge on any atom is -0.507 e. The summed E-state index contributed by atoms with van der Waals surface area (Å²) in [5.74, 6) is -3.52. The number of hydrogen-bond donors (Lipinski definition) is 5. The minimum absolute atomic E-state index is 0.140. The number of hydrogen-bond acceptors (Lipinski definition) is 9. The van der Waals surface area contributed by atoms with Crippen molar-refractivity contribution in [1.82, 2.24) is 10.6 Å². The van der Waals surface area contributed by atoms with Crippen LogP contribution in [0.3, 0.4) is 0 Å². The van der Waals surface area contributed by atoms with Crippen LogP contribution in [-0.4, -0.2) is 77.1 Å². The molecular formula is C38H52N2O9. The van der Waals surface area contributed by atoms with Crippen molar-refractivity contribution in [2.45, 2.75) is 83.5 Å². The molecule has 2 atom stereocenters. The first-order chi connectivity index (χ1) is 23.7. The maximum absolute atomic E-state index is 12.8. The number of phenolic OH excluding ortho intramolecular Hbond substituents is 1. The fourth-order valence-corrected chi connectivity index (χ4v) is 4.05. The number of benzene rings is 1. The number of nitrogens with one attached hydrogen (secondary N) is 2. The normalized spacial score (nSPS) is 13.3. The van der Waals surface area contributed by atoms with Crippen molar-refractivity contribution in [3.8, 4) is 5.75 Å². The van der Waals surface area contributed by atoms with Gasteiger partial charge in [-0.2, -0.15) is 0 Å². The van der Waals surface area contributed by atoms with Crippen LogP contribution in [0.25, 0.3) is 0 Å². The number of aliphatic hydroxyl groups excluding tert-OH is 2. The number of carbonyl (C=O) groups excluding carboxylic acids is 4. The van der Waals surface area contributed by atoms with Gasteiger partial charge in [-0.05, 0) is 64.0 Å². The van der Waals surface area contributed by atoms with Crippen LogP contribution in [0.5, 0.6) is 5.75 Å². The summed E-state index contributed by atoms with van der Waals surface area (Å²) in [5, 5.41) is 33.3. The van der Waals surface area contributed by atoms with E-state index in [1.165, 1.54) is 31.2 Å². The van der Waals surface area contributed by atoms with E-state index in [0.29, 0.717) is 6.42 Å². The summed E-state index contributed by atoms with van der Waals surface area (Å²) in [6, 6.07) is 4.06. The third-order valence-electron chi connectivity index (χ3n) is 6.73. The molecule has 0 aromatic heterocycles. The van der Waals surface area contributed by atoms with E-state index in [4.69, 9.17) is 9.47 Å². The Kier molecular flexibility index (Phi) is 23.5. The van der Waals surface area contributed by atoms with E-state index in [2.05, 4.69) is 72.2 Å². The van der Waals surface area contributed by atoms with Crippen LogP contribution in [0.4, 0.5) is 0 Å². The molecule has 49 heavy (non-hydrogen) atoms. The second-order valence-corrected chi connectivity index (χ2v) is 10.8. The van der Waals surface area contributed by atoms with E-state index in [-0.39, 0.29) is 23.6 Å². The lowest BCUT2D eigenvalue weighted by Gasteiger charge is -2.25. The third-order valence-corrected chi connectivity index (χ3v) is 6.73. The fraction of sp³-hybridized carbons (Fsp3) is 0.421. The molecule has 0 bridgehead atoms. The Morgan fingerprint density at radius 1 is 0.755 bits per heavy atom. The number of aromatic hydroxyl groups is 1. The van der Waals surface area contributed by atoms with Crippen LogP contribution in [0, 0.1) is 0 Å². The van der Waals surface area contributed by atoms with Gasteiger partial charge in [0, 0.05) is 6.42 Å². The molecule has 11 heteroatoms. The summed E-state index contributed by atoms with van der Waals surface area (Å²) in [6.07, 6.45) is 28.8. The predicted octanol–water partition coefficient (Wildman–Crippen LogP) is 4.91. The highest BCUT2D eigenvalue weighted by atomic mass is 16.6. The molecule has 0 spiro atoms. The predicted molar refractivity (Wildman–Crippen MR) is 189 cm³/mol. The van der Waals surface area contributed by atoms with Crippen molar-refractivity contribution >= 4 is 23.8 Å². The van der Waals surface area contributed by atoms with Crippen LogP contribution in [0.2, 0.25) is 0 Å². The van der Waals surface area contributed by atoms with Gasteiger partial charge >= 0.3 is 11.9 Å². The van der Waals surface area contributed by atoms with Crippen LogP contribution in [0.1, 0.15) is 75.6 Å². The molecule has 0 radical (unpaired) electrons. The SMILES string of the molecule is CC/C=C\C/C=C\C/C=C\C/C=C\C/C=C\C/C=C\CCC(=O)NCC(=O)OC(C)C(NC(=O)c1ccccc1O)C(=O)OC(CO)CO. The van der Waals surface area contributed by atoms with Gasteiger partial charge in [-0.1, -0.05) is 92.0 Å². The molecule has 0 heterocycles. The zero-order valence-corrected chi connectivity index (χ0v) is 28.5. The molecule has 1 rings (SSSR count). The number of esters is 2. The Morgan fingerprint density at radius 2 is 1.27 bits per heavy atom. The first kappa shape index (κ1) is 42.3. The van der Waals surface area contributed by atoms with Crippen molar-refractivity contribution in [1.29, 1.82) is 0 Å². The molecule has 2 unspecified atom stereocenters. The van der Waals surface area contributed by atoms with Gasteiger partial charge in [0.05, 0.1) is 18.8 Å². The van der Waals surface area contributed by atoms with Crippen molar-refractivity contribution in [3.63, 3.8) is 0 Å². The maximum Gasteiger partial charge on any atom is 0.332 e. The average molecular weight is 681 g/mol. The first-order valence-corrected chi connectivity index (χ1v) is 16.6. The number of allylic oxidation sites excluding steroid dienone is 12. The smallest absolute Gasteiger partial charge is 0.332 e. The second-order valence-electron chi connectivity index (χ2n) is 10.8. The zero-order valence-electron chi connectivity index (χ0n) is 28.5. The summed E-state index contributed by atoms with van der Waals surface area (Å²) >= 11 is 0. The Labute approximate surface area is 289 Å². The molecule has 0 saturated heterocycles. The second kappa shape index (κ2) is 27.2. The van der Waals surface area contributed by atoms with Gasteiger partial charge in [-0.15, -0.1) is 0 Å². The third kappa shape index (κ3) is 20.3. The molecule has 1 aromatic carbocycles. The highest BCUT2D eigenvalue weighted by Gasteiger charge is 2.33. The number of aliphatic hydroxyl groups is 2. The largest absolute Gasteiger partial charge is 0.507 e. The molecule has 0 aliphatic rings. The molecule has 2 amide bonds. The topological polar surface area (TPSA) is 171 Å². The van der Waals surface area contributed by atoms with E-state index in [0.717, 1.165) is 38.5 Å². The standard InChI is InChI=1S/C38H52N2O9/c1-3-4-5-6-7-8-9-10-11-12-13-14-15-16-17-18-19-20-21-26-34(44)39-27-35(45)48-30(2)36(38(47)49-31(28-41)29-42)40-37(46)32-24-22-23-25-33(32)43/h4-5,7-8,10-11,13-14,16-17,19-20,22-25,30-31,36,41-43H,3,6,9,12,15,18,21,26-29H2,1-2H3,(H,39,44)(H,40,46)/b5-4-,8-7-,11-10-,14-13-,17-16-,20-19-. The molecule has 0 aliphatic heterocycles. The Bertz CT molecular complexity index is 1310. The van der Waals surface area contributed by atoms with Gasteiger partial charge in [0.15, 0.2) is 6.04 Å². The summed E-state index contributed by atoms with van der Waals surface area (Å²) in [5.41, 5.74) is -0.140. The number of amides is 2. The Balaban J connectivity index is 2.39. The van der Waals surface area contributed by atoms with E-state index in [9.17, 15) is 34.5 Å². The van der Waals surface area contributed by atoms with E-state index < -0.39 is 55.9 Å². The highest BCUT2D eigenvalue weighted by molar-refractivity contribution is 5.99. The molecule has 0 aliphatic carbocycles. The average Bonchev–Trinajstić information content (AvgIpc) is 3.09. The maximum atomic E-state index is 12.8. The monoisotopic (exact) mass is 680 g/mol. The number of rotatable bonds is 24. The molecule has 11 nitrogen and oxygen atoms in total. The molecule has 268 valence electrons. The Morgan fingerprint density at radius 3 is 1.78 bits per heavy atom. The van der Waals surface area contributed by atoms with E-state index in [1.807, 2.05) is 18.2 Å². The van der Waals surface area contributed by atoms with Crippen LogP contribution < -0.4 is 10.6 Å². The van der Waals surface area contributed by atoms with Crippen molar-refractivity contribution < 1.29 is 44.0 Å². The van der Waals surface area contributed by atoms with Crippen LogP contribution in [0.15, 0.2) is 97.2 Å². The molecule has 1 aromatic rings. The summed E-state index contributed by atoms with van der Waals surface area (Å²) in [6.45, 7) is 1.62. The van der Waals surface area contributed by atoms with Gasteiger partial charge in [0.2, 0.25) is 5.91 Å². The molecular weight excluding hydrogens is 628 g/mol. The van der Waals surface area contributed by atoms with Gasteiger partial charge in [0.1, 0.15) is 24.5 Å². The highest BCUT2D eigenvalue weighted by Crippen LogP contribution is 2.16. The summed E-state index contributed by atoms with van der Waals surface area (Å²) in [7, 11) is 0. The zero-order chi connectivity index (χ0) is 36.1. The quantitative estimate of drug-likeness (QED) is 0.0752. The Hall–Kier alpha value is -4.74. The van der Waals surface area contributed by atoms with Gasteiger partial charge in [-0.25, -0.2) is 4.79 Å². The molecule has 0 fully saturated rings. The minimum atomic E-state index is -1.56. The summed E-state index contributed by atoms with van der Waals surface area (Å²) < 4.78 is 10.3. The molecule has 0 saturated carbocycles. The summed E-state index contributed by atoms with van der Waals surface area (Å²) in [4.78, 5) is 50.1.